The number of piperazine rings is 1. The fourth-order valence-electron chi connectivity index (χ4n) is 2.92. The summed E-state index contributed by atoms with van der Waals surface area (Å²) in [6.45, 7) is 3.99. The van der Waals surface area contributed by atoms with Gasteiger partial charge in [-0.05, 0) is 17.7 Å². The Morgan fingerprint density at radius 1 is 0.840 bits per heavy atom. The molecule has 0 amide bonds. The Balaban J connectivity index is 1.43. The highest BCUT2D eigenvalue weighted by atomic mass is 32.2. The second-order valence-corrected chi connectivity index (χ2v) is 8.11. The lowest BCUT2D eigenvalue weighted by molar-refractivity contribution is 0.159. The van der Waals surface area contributed by atoms with E-state index in [1.165, 1.54) is 0 Å². The molecule has 1 aliphatic heterocycles. The molecule has 134 valence electrons. The lowest BCUT2D eigenvalue weighted by atomic mass is 10.2. The van der Waals surface area contributed by atoms with Gasteiger partial charge in [-0.15, -0.1) is 0 Å². The van der Waals surface area contributed by atoms with Crippen LogP contribution in [0.1, 0.15) is 5.56 Å². The minimum Gasteiger partial charge on any atom is -0.492 e. The number of hydrogen-bond acceptors (Lipinski definition) is 4. The van der Waals surface area contributed by atoms with Crippen molar-refractivity contribution in [2.75, 3.05) is 39.3 Å². The van der Waals surface area contributed by atoms with Gasteiger partial charge in [0.25, 0.3) is 0 Å². The quantitative estimate of drug-likeness (QED) is 0.760. The highest BCUT2D eigenvalue weighted by Crippen LogP contribution is 2.14. The molecule has 0 aromatic heterocycles. The van der Waals surface area contributed by atoms with Crippen LogP contribution in [-0.4, -0.2) is 57.0 Å². The van der Waals surface area contributed by atoms with Crippen molar-refractivity contribution in [3.63, 3.8) is 0 Å². The third-order valence-electron chi connectivity index (χ3n) is 4.34. The van der Waals surface area contributed by atoms with E-state index < -0.39 is 10.0 Å². The van der Waals surface area contributed by atoms with Gasteiger partial charge in [0.05, 0.1) is 5.75 Å². The standard InChI is InChI=1S/C19H24N2O3S/c22-25(23,17-18-7-3-1-4-8-18)21-13-11-20(12-14-21)15-16-24-19-9-5-2-6-10-19/h1-10H,11-17H2. The summed E-state index contributed by atoms with van der Waals surface area (Å²) in [5.41, 5.74) is 0.834. The zero-order chi connectivity index (χ0) is 17.5. The van der Waals surface area contributed by atoms with Gasteiger partial charge in [-0.1, -0.05) is 48.5 Å². The van der Waals surface area contributed by atoms with E-state index in [0.717, 1.165) is 30.9 Å². The van der Waals surface area contributed by atoms with Gasteiger partial charge in [0, 0.05) is 32.7 Å². The molecule has 25 heavy (non-hydrogen) atoms. The average Bonchev–Trinajstić information content (AvgIpc) is 2.64. The Kier molecular flexibility index (Phi) is 6.07. The van der Waals surface area contributed by atoms with Crippen LogP contribution in [-0.2, 0) is 15.8 Å². The monoisotopic (exact) mass is 360 g/mol. The second-order valence-electron chi connectivity index (χ2n) is 6.14. The van der Waals surface area contributed by atoms with Crippen molar-refractivity contribution in [1.29, 1.82) is 0 Å². The predicted molar refractivity (Wildman–Crippen MR) is 99.0 cm³/mol. The van der Waals surface area contributed by atoms with Crippen LogP contribution in [0.5, 0.6) is 5.75 Å². The molecule has 1 saturated heterocycles. The van der Waals surface area contributed by atoms with E-state index in [0.29, 0.717) is 19.7 Å². The SMILES string of the molecule is O=S(=O)(Cc1ccccc1)N1CCN(CCOc2ccccc2)CC1. The van der Waals surface area contributed by atoms with Crippen LogP contribution >= 0.6 is 0 Å². The second kappa shape index (κ2) is 8.47. The Bertz CT molecular complexity index is 743. The molecule has 1 fully saturated rings. The van der Waals surface area contributed by atoms with E-state index >= 15 is 0 Å². The van der Waals surface area contributed by atoms with E-state index in [1.807, 2.05) is 60.7 Å². The third kappa shape index (κ3) is 5.29. The summed E-state index contributed by atoms with van der Waals surface area (Å²) in [4.78, 5) is 2.25. The highest BCUT2D eigenvalue weighted by molar-refractivity contribution is 7.88. The molecule has 0 spiro atoms. The first-order valence-corrected chi connectivity index (χ1v) is 10.2. The summed E-state index contributed by atoms with van der Waals surface area (Å²) in [5, 5.41) is 0. The van der Waals surface area contributed by atoms with Crippen LogP contribution in [0, 0.1) is 0 Å². The largest absolute Gasteiger partial charge is 0.492 e. The Hall–Kier alpha value is -1.89. The van der Waals surface area contributed by atoms with Crippen molar-refractivity contribution in [2.45, 2.75) is 5.75 Å². The number of benzene rings is 2. The topological polar surface area (TPSA) is 49.9 Å². The van der Waals surface area contributed by atoms with E-state index in [1.54, 1.807) is 4.31 Å². The Morgan fingerprint density at radius 3 is 2.08 bits per heavy atom. The zero-order valence-electron chi connectivity index (χ0n) is 14.3. The van der Waals surface area contributed by atoms with E-state index in [-0.39, 0.29) is 5.75 Å². The van der Waals surface area contributed by atoms with Gasteiger partial charge in [0.2, 0.25) is 10.0 Å². The first-order chi connectivity index (χ1) is 12.1. The molecule has 2 aromatic carbocycles. The molecular formula is C19H24N2O3S. The number of sulfonamides is 1. The molecule has 1 aliphatic rings. The van der Waals surface area contributed by atoms with Gasteiger partial charge < -0.3 is 4.74 Å². The molecule has 1 heterocycles. The molecule has 0 aliphatic carbocycles. The molecule has 6 heteroatoms. The maximum atomic E-state index is 12.5. The molecule has 0 saturated carbocycles. The van der Waals surface area contributed by atoms with Crippen LogP contribution in [0.15, 0.2) is 60.7 Å². The van der Waals surface area contributed by atoms with Crippen LogP contribution in [0.2, 0.25) is 0 Å². The molecule has 0 bridgehead atoms. The number of hydrogen-bond donors (Lipinski definition) is 0. The van der Waals surface area contributed by atoms with Crippen molar-refractivity contribution < 1.29 is 13.2 Å². The molecule has 0 radical (unpaired) electrons. The van der Waals surface area contributed by atoms with Crippen molar-refractivity contribution >= 4 is 10.0 Å². The molecule has 0 N–H and O–H groups in total. The van der Waals surface area contributed by atoms with Crippen molar-refractivity contribution in [2.24, 2.45) is 0 Å². The summed E-state index contributed by atoms with van der Waals surface area (Å²) in [7, 11) is -3.25. The average molecular weight is 360 g/mol. The molecule has 0 unspecified atom stereocenters. The molecule has 2 aromatic rings. The normalized spacial score (nSPS) is 16.6. The summed E-state index contributed by atoms with van der Waals surface area (Å²) < 4.78 is 32.4. The Morgan fingerprint density at radius 2 is 1.44 bits per heavy atom. The van der Waals surface area contributed by atoms with Crippen molar-refractivity contribution in [3.05, 3.63) is 66.2 Å². The van der Waals surface area contributed by atoms with Crippen molar-refractivity contribution in [3.8, 4) is 5.75 Å². The number of ether oxygens (including phenoxy) is 1. The first-order valence-electron chi connectivity index (χ1n) is 8.55. The zero-order valence-corrected chi connectivity index (χ0v) is 15.1. The maximum Gasteiger partial charge on any atom is 0.218 e. The summed E-state index contributed by atoms with van der Waals surface area (Å²) in [6.07, 6.45) is 0. The van der Waals surface area contributed by atoms with Crippen LogP contribution < -0.4 is 4.74 Å². The van der Waals surface area contributed by atoms with Gasteiger partial charge in [-0.25, -0.2) is 8.42 Å². The fourth-order valence-corrected chi connectivity index (χ4v) is 4.43. The highest BCUT2D eigenvalue weighted by Gasteiger charge is 2.26. The van der Waals surface area contributed by atoms with E-state index in [2.05, 4.69) is 4.90 Å². The van der Waals surface area contributed by atoms with Gasteiger partial charge in [-0.2, -0.15) is 4.31 Å². The van der Waals surface area contributed by atoms with E-state index in [4.69, 9.17) is 4.74 Å². The van der Waals surface area contributed by atoms with Gasteiger partial charge in [0.1, 0.15) is 12.4 Å². The number of nitrogens with zero attached hydrogens (tertiary/aromatic N) is 2. The predicted octanol–water partition coefficient (Wildman–Crippen LogP) is 2.21. The smallest absolute Gasteiger partial charge is 0.218 e. The summed E-state index contributed by atoms with van der Waals surface area (Å²) in [6, 6.07) is 19.1. The van der Waals surface area contributed by atoms with Gasteiger partial charge in [-0.3, -0.25) is 4.90 Å². The molecule has 5 nitrogen and oxygen atoms in total. The molecule has 3 rings (SSSR count). The van der Waals surface area contributed by atoms with Crippen molar-refractivity contribution in [1.82, 2.24) is 9.21 Å². The summed E-state index contributed by atoms with van der Waals surface area (Å²) in [5.74, 6) is 0.942. The minimum absolute atomic E-state index is 0.0744. The van der Waals surface area contributed by atoms with E-state index in [9.17, 15) is 8.42 Å². The van der Waals surface area contributed by atoms with Crippen LogP contribution in [0.25, 0.3) is 0 Å². The lowest BCUT2D eigenvalue weighted by Gasteiger charge is -2.33. The minimum atomic E-state index is -3.25. The Labute approximate surface area is 149 Å². The fraction of sp³-hybridized carbons (Fsp3) is 0.368. The molecular weight excluding hydrogens is 336 g/mol. The summed E-state index contributed by atoms with van der Waals surface area (Å²) >= 11 is 0. The van der Waals surface area contributed by atoms with Crippen LogP contribution in [0.3, 0.4) is 0 Å². The first kappa shape index (κ1) is 17.9. The third-order valence-corrected chi connectivity index (χ3v) is 6.19. The van der Waals surface area contributed by atoms with Gasteiger partial charge >= 0.3 is 0 Å². The molecule has 0 atom stereocenters. The van der Waals surface area contributed by atoms with Crippen LogP contribution in [0.4, 0.5) is 0 Å². The lowest BCUT2D eigenvalue weighted by Crippen LogP contribution is -2.49. The number of para-hydroxylation sites is 1. The van der Waals surface area contributed by atoms with Gasteiger partial charge in [0.15, 0.2) is 0 Å². The number of rotatable bonds is 7. The maximum absolute atomic E-state index is 12.5.